The molecule has 0 spiro atoms. The summed E-state index contributed by atoms with van der Waals surface area (Å²) in [5.74, 6) is -0.415. The number of carbonyl (C=O) groups is 2. The smallest absolute Gasteiger partial charge is 0.412 e. The molecule has 8 nitrogen and oxygen atoms in total. The normalized spacial score (nSPS) is 11.9. The van der Waals surface area contributed by atoms with Crippen molar-refractivity contribution < 1.29 is 23.8 Å². The molecule has 0 radical (unpaired) electrons. The average molecular weight is 547 g/mol. The van der Waals surface area contributed by atoms with Crippen molar-refractivity contribution in [2.75, 3.05) is 32.1 Å². The molecule has 0 aliphatic carbocycles. The first-order valence-electron chi connectivity index (χ1n) is 11.9. The minimum Gasteiger partial charge on any atom is -0.447 e. The van der Waals surface area contributed by atoms with Gasteiger partial charge in [0.05, 0.1) is 16.7 Å². The van der Waals surface area contributed by atoms with Crippen molar-refractivity contribution in [2.45, 2.75) is 45.8 Å². The number of halogens is 2. The topological polar surface area (TPSA) is 104 Å². The van der Waals surface area contributed by atoms with E-state index in [1.807, 2.05) is 24.3 Å². The van der Waals surface area contributed by atoms with E-state index in [0.29, 0.717) is 11.4 Å². The van der Waals surface area contributed by atoms with Crippen molar-refractivity contribution in [3.8, 4) is 0 Å². The Morgan fingerprint density at radius 1 is 1.18 bits per heavy atom. The highest BCUT2D eigenvalue weighted by Gasteiger charge is 2.23. The van der Waals surface area contributed by atoms with Crippen molar-refractivity contribution in [3.05, 3.63) is 71.1 Å². The highest BCUT2D eigenvalue weighted by Crippen LogP contribution is 2.21. The van der Waals surface area contributed by atoms with Gasteiger partial charge in [0.25, 0.3) is 0 Å². The standard InChI is InChI=1S/C27H32ClFN4O4.CH4/c1-27(2,36)17-30-15-21(33(3)24(34)12-11-18-9-6-10-22(29)25(18)28)16-37-26(35)32-23-13-19-7-4-5-8-20(19)14-31-23;/h4-10,13-14,21,30,36H,11-12,15-17H2,1-3H3,(H,31,32,35);1H4/t21-;/m0./s1. The van der Waals surface area contributed by atoms with Crippen LogP contribution in [0.5, 0.6) is 0 Å². The molecule has 3 N–H and O–H groups in total. The minimum absolute atomic E-state index is 0. The van der Waals surface area contributed by atoms with Gasteiger partial charge in [0, 0.05) is 38.1 Å². The van der Waals surface area contributed by atoms with Crippen molar-refractivity contribution in [1.29, 1.82) is 0 Å². The third-order valence-corrected chi connectivity index (χ3v) is 6.21. The third kappa shape index (κ3) is 9.24. The number of nitrogens with zero attached hydrogens (tertiary/aromatic N) is 2. The molecule has 0 saturated carbocycles. The maximum atomic E-state index is 13.7. The van der Waals surface area contributed by atoms with Crippen molar-refractivity contribution in [3.63, 3.8) is 0 Å². The summed E-state index contributed by atoms with van der Waals surface area (Å²) >= 11 is 6.01. The van der Waals surface area contributed by atoms with Crippen molar-refractivity contribution in [2.24, 2.45) is 0 Å². The Hall–Kier alpha value is -3.27. The quantitative estimate of drug-likeness (QED) is 0.311. The Morgan fingerprint density at radius 3 is 2.61 bits per heavy atom. The zero-order chi connectivity index (χ0) is 27.0. The van der Waals surface area contributed by atoms with Gasteiger partial charge in [-0.2, -0.15) is 0 Å². The van der Waals surface area contributed by atoms with E-state index in [2.05, 4.69) is 15.6 Å². The second-order valence-electron chi connectivity index (χ2n) is 9.45. The number of carbonyl (C=O) groups excluding carboxylic acids is 2. The number of fused-ring (bicyclic) bond motifs is 1. The summed E-state index contributed by atoms with van der Waals surface area (Å²) < 4.78 is 19.1. The van der Waals surface area contributed by atoms with Gasteiger partial charge in [-0.15, -0.1) is 0 Å². The molecular weight excluding hydrogens is 511 g/mol. The molecule has 0 aliphatic rings. The first-order valence-corrected chi connectivity index (χ1v) is 12.3. The molecule has 1 atom stereocenters. The van der Waals surface area contributed by atoms with Gasteiger partial charge in [0.15, 0.2) is 0 Å². The van der Waals surface area contributed by atoms with Crippen LogP contribution in [0.1, 0.15) is 33.3 Å². The second kappa shape index (κ2) is 14.0. The lowest BCUT2D eigenvalue weighted by atomic mass is 10.1. The molecule has 0 fully saturated rings. The number of hydrogen-bond donors (Lipinski definition) is 3. The molecule has 1 aromatic heterocycles. The Balaban J connectivity index is 0.00000507. The number of rotatable bonds is 11. The van der Waals surface area contributed by atoms with Crippen molar-refractivity contribution >= 4 is 40.2 Å². The van der Waals surface area contributed by atoms with Gasteiger partial charge in [-0.1, -0.05) is 55.4 Å². The maximum absolute atomic E-state index is 13.7. The van der Waals surface area contributed by atoms with E-state index >= 15 is 0 Å². The molecular formula is C28H36ClFN4O4. The van der Waals surface area contributed by atoms with Crippen LogP contribution in [-0.2, 0) is 16.0 Å². The number of aliphatic hydroxyl groups is 1. The van der Waals surface area contributed by atoms with Crippen LogP contribution >= 0.6 is 11.6 Å². The Morgan fingerprint density at radius 2 is 1.89 bits per heavy atom. The molecule has 0 saturated heterocycles. The number of aryl methyl sites for hydroxylation is 1. The fourth-order valence-electron chi connectivity index (χ4n) is 3.68. The van der Waals surface area contributed by atoms with Gasteiger partial charge >= 0.3 is 6.09 Å². The van der Waals surface area contributed by atoms with Gasteiger partial charge in [-0.25, -0.2) is 14.2 Å². The highest BCUT2D eigenvalue weighted by atomic mass is 35.5. The van der Waals surface area contributed by atoms with E-state index in [1.165, 1.54) is 11.0 Å². The second-order valence-corrected chi connectivity index (χ2v) is 9.83. The number of aromatic nitrogens is 1. The van der Waals surface area contributed by atoms with Crippen LogP contribution in [0.15, 0.2) is 54.7 Å². The van der Waals surface area contributed by atoms with Crippen LogP contribution < -0.4 is 10.6 Å². The monoisotopic (exact) mass is 546 g/mol. The van der Waals surface area contributed by atoms with E-state index in [4.69, 9.17) is 16.3 Å². The minimum atomic E-state index is -0.957. The van der Waals surface area contributed by atoms with Crippen LogP contribution in [0.3, 0.4) is 0 Å². The summed E-state index contributed by atoms with van der Waals surface area (Å²) in [5.41, 5.74) is -0.417. The van der Waals surface area contributed by atoms with E-state index < -0.39 is 23.6 Å². The molecule has 2 aromatic carbocycles. The molecule has 3 aromatic rings. The highest BCUT2D eigenvalue weighted by molar-refractivity contribution is 6.31. The predicted molar refractivity (Wildman–Crippen MR) is 149 cm³/mol. The zero-order valence-corrected chi connectivity index (χ0v) is 21.9. The van der Waals surface area contributed by atoms with E-state index in [-0.39, 0.29) is 50.9 Å². The number of pyridine rings is 1. The number of amides is 2. The fourth-order valence-corrected chi connectivity index (χ4v) is 3.90. The number of likely N-dealkylation sites (N-methyl/N-ethyl adjacent to an activating group) is 1. The lowest BCUT2D eigenvalue weighted by Gasteiger charge is -2.29. The first kappa shape index (κ1) is 31.0. The summed E-state index contributed by atoms with van der Waals surface area (Å²) in [6.45, 7) is 3.77. The van der Waals surface area contributed by atoms with Gasteiger partial charge in [-0.05, 0) is 43.4 Å². The molecule has 38 heavy (non-hydrogen) atoms. The SMILES string of the molecule is C.CN(C(=O)CCc1cccc(F)c1Cl)[C@@H](CNCC(C)(C)O)COC(=O)Nc1cc2ccccc2cn1. The number of benzene rings is 2. The van der Waals surface area contributed by atoms with Crippen LogP contribution in [0, 0.1) is 5.82 Å². The van der Waals surface area contributed by atoms with Crippen molar-refractivity contribution in [1.82, 2.24) is 15.2 Å². The largest absolute Gasteiger partial charge is 0.447 e. The van der Waals surface area contributed by atoms with Gasteiger partial charge in [0.1, 0.15) is 18.2 Å². The first-order chi connectivity index (χ1) is 17.5. The van der Waals surface area contributed by atoms with E-state index in [0.717, 1.165) is 10.8 Å². The lowest BCUT2D eigenvalue weighted by molar-refractivity contribution is -0.132. The summed E-state index contributed by atoms with van der Waals surface area (Å²) in [4.78, 5) is 31.1. The summed E-state index contributed by atoms with van der Waals surface area (Å²) in [5, 5.41) is 17.6. The summed E-state index contributed by atoms with van der Waals surface area (Å²) in [7, 11) is 1.61. The molecule has 0 bridgehead atoms. The average Bonchev–Trinajstić information content (AvgIpc) is 2.85. The third-order valence-electron chi connectivity index (χ3n) is 5.79. The lowest BCUT2D eigenvalue weighted by Crippen LogP contribution is -2.49. The number of anilines is 1. The van der Waals surface area contributed by atoms with Crippen LogP contribution in [0.2, 0.25) is 5.02 Å². The Labute approximate surface area is 228 Å². The fraction of sp³-hybridized carbons (Fsp3) is 0.393. The van der Waals surface area contributed by atoms with Crippen LogP contribution in [-0.4, -0.2) is 65.4 Å². The molecule has 0 aliphatic heterocycles. The van der Waals surface area contributed by atoms with Crippen LogP contribution in [0.4, 0.5) is 15.0 Å². The predicted octanol–water partition coefficient (Wildman–Crippen LogP) is 5.03. The molecule has 206 valence electrons. The number of ether oxygens (including phenoxy) is 1. The van der Waals surface area contributed by atoms with Crippen LogP contribution in [0.25, 0.3) is 10.8 Å². The maximum Gasteiger partial charge on any atom is 0.412 e. The molecule has 3 rings (SSSR count). The van der Waals surface area contributed by atoms with Gasteiger partial charge in [0.2, 0.25) is 5.91 Å². The Bertz CT molecular complexity index is 1230. The Kier molecular flexibility index (Phi) is 11.4. The van der Waals surface area contributed by atoms with Gasteiger partial charge in [-0.3, -0.25) is 10.1 Å². The number of nitrogens with one attached hydrogen (secondary N) is 2. The summed E-state index contributed by atoms with van der Waals surface area (Å²) in [6.07, 6.45) is 1.31. The number of hydrogen-bond acceptors (Lipinski definition) is 6. The van der Waals surface area contributed by atoms with E-state index in [9.17, 15) is 19.1 Å². The molecule has 10 heteroatoms. The molecule has 0 unspecified atom stereocenters. The molecule has 1 heterocycles. The summed E-state index contributed by atoms with van der Waals surface area (Å²) in [6, 6.07) is 13.3. The zero-order valence-electron chi connectivity index (χ0n) is 21.1. The van der Waals surface area contributed by atoms with E-state index in [1.54, 1.807) is 45.3 Å². The molecule has 2 amide bonds. The van der Waals surface area contributed by atoms with Gasteiger partial charge < -0.3 is 20.1 Å².